The molecule has 19 heavy (non-hydrogen) atoms. The Bertz CT molecular complexity index is 495. The molecule has 1 aromatic rings. The number of carbonyl (C=O) groups excluding carboxylic acids is 2. The van der Waals surface area contributed by atoms with E-state index in [1.807, 2.05) is 6.92 Å². The molecule has 1 aromatic heterocycles. The van der Waals surface area contributed by atoms with Gasteiger partial charge in [0.05, 0.1) is 4.88 Å². The van der Waals surface area contributed by atoms with E-state index in [1.54, 1.807) is 12.3 Å². The van der Waals surface area contributed by atoms with Crippen LogP contribution in [0.3, 0.4) is 0 Å². The van der Waals surface area contributed by atoms with Crippen molar-refractivity contribution >= 4 is 29.0 Å². The summed E-state index contributed by atoms with van der Waals surface area (Å²) >= 11 is 1.13. The average molecular weight is 283 g/mol. The van der Waals surface area contributed by atoms with Crippen LogP contribution >= 0.6 is 11.3 Å². The van der Waals surface area contributed by atoms with Gasteiger partial charge in [0, 0.05) is 10.9 Å². The highest BCUT2D eigenvalue weighted by Gasteiger charge is 2.26. The number of hydrogen-bond acceptors (Lipinski definition) is 4. The number of carboxylic acid groups (broad SMARTS) is 1. The minimum Gasteiger partial charge on any atom is -0.480 e. The predicted octanol–water partition coefficient (Wildman–Crippen LogP) is 2.18. The number of carboxylic acids is 1. The Morgan fingerprint density at radius 3 is 2.47 bits per heavy atom. The molecule has 1 rings (SSSR count). The van der Waals surface area contributed by atoms with E-state index in [0.29, 0.717) is 16.9 Å². The van der Waals surface area contributed by atoms with Gasteiger partial charge in [0.25, 0.3) is 5.91 Å². The molecule has 0 aliphatic carbocycles. The normalized spacial score (nSPS) is 13.6. The van der Waals surface area contributed by atoms with E-state index in [9.17, 15) is 14.4 Å². The van der Waals surface area contributed by atoms with Crippen LogP contribution in [0, 0.1) is 5.92 Å². The van der Waals surface area contributed by atoms with Gasteiger partial charge in [0.1, 0.15) is 6.04 Å². The molecule has 0 spiro atoms. The van der Waals surface area contributed by atoms with E-state index in [0.717, 1.165) is 11.3 Å². The van der Waals surface area contributed by atoms with Gasteiger partial charge in [-0.25, -0.2) is 4.79 Å². The largest absolute Gasteiger partial charge is 0.480 e. The van der Waals surface area contributed by atoms with Gasteiger partial charge in [0.2, 0.25) is 0 Å². The first kappa shape index (κ1) is 15.4. The number of nitrogens with one attached hydrogen (secondary N) is 1. The lowest BCUT2D eigenvalue weighted by Gasteiger charge is -2.19. The molecule has 0 saturated carbocycles. The van der Waals surface area contributed by atoms with Gasteiger partial charge in [-0.3, -0.25) is 9.59 Å². The number of rotatable bonds is 6. The third kappa shape index (κ3) is 3.89. The van der Waals surface area contributed by atoms with Crippen molar-refractivity contribution in [1.82, 2.24) is 5.32 Å². The monoisotopic (exact) mass is 283 g/mol. The molecule has 6 heteroatoms. The third-order valence-corrected chi connectivity index (χ3v) is 3.92. The Morgan fingerprint density at radius 2 is 2.05 bits per heavy atom. The van der Waals surface area contributed by atoms with Crippen molar-refractivity contribution < 1.29 is 19.5 Å². The number of amides is 1. The van der Waals surface area contributed by atoms with Crippen LogP contribution in [0.1, 0.15) is 47.2 Å². The first-order valence-electron chi connectivity index (χ1n) is 6.00. The van der Waals surface area contributed by atoms with Crippen LogP contribution in [-0.4, -0.2) is 28.8 Å². The van der Waals surface area contributed by atoms with Crippen molar-refractivity contribution in [1.29, 1.82) is 0 Å². The first-order chi connectivity index (χ1) is 8.86. The van der Waals surface area contributed by atoms with E-state index < -0.39 is 17.9 Å². The molecule has 1 amide bonds. The van der Waals surface area contributed by atoms with E-state index >= 15 is 0 Å². The van der Waals surface area contributed by atoms with Crippen molar-refractivity contribution in [2.75, 3.05) is 0 Å². The van der Waals surface area contributed by atoms with Gasteiger partial charge in [-0.05, 0) is 18.9 Å². The number of hydrogen-bond donors (Lipinski definition) is 2. The lowest BCUT2D eigenvalue weighted by atomic mass is 9.99. The second-order valence-corrected chi connectivity index (χ2v) is 5.34. The van der Waals surface area contributed by atoms with Crippen molar-refractivity contribution in [3.63, 3.8) is 0 Å². The molecule has 0 radical (unpaired) electrons. The molecule has 0 fully saturated rings. The molecule has 5 nitrogen and oxygen atoms in total. The lowest BCUT2D eigenvalue weighted by Crippen LogP contribution is -2.44. The van der Waals surface area contributed by atoms with Crippen LogP contribution in [0.15, 0.2) is 11.4 Å². The molecule has 104 valence electrons. The highest BCUT2D eigenvalue weighted by Crippen LogP contribution is 2.16. The molecule has 0 aliphatic rings. The summed E-state index contributed by atoms with van der Waals surface area (Å²) in [5.41, 5.74) is 0.463. The lowest BCUT2D eigenvalue weighted by molar-refractivity contribution is -0.140. The number of aliphatic carboxylic acids is 1. The highest BCUT2D eigenvalue weighted by atomic mass is 32.1. The second kappa shape index (κ2) is 6.47. The Labute approximate surface area is 115 Å². The van der Waals surface area contributed by atoms with Crippen LogP contribution in [0.2, 0.25) is 0 Å². The zero-order valence-corrected chi connectivity index (χ0v) is 11.9. The standard InChI is InChI=1S/C13H17NO4S/c1-4-7(2)11(13(17)18)14-12(16)10-5-9(6-19-10)8(3)15/h5-7,11H,4H2,1-3H3,(H,14,16)(H,17,18). The van der Waals surface area contributed by atoms with Gasteiger partial charge < -0.3 is 10.4 Å². The Hall–Kier alpha value is -1.69. The van der Waals surface area contributed by atoms with Gasteiger partial charge in [-0.1, -0.05) is 20.3 Å². The summed E-state index contributed by atoms with van der Waals surface area (Å²) in [5, 5.41) is 13.2. The molecule has 2 atom stereocenters. The number of Topliss-reactive ketones (excluding diaryl/α,β-unsaturated/α-hetero) is 1. The summed E-state index contributed by atoms with van der Waals surface area (Å²) in [4.78, 5) is 34.5. The van der Waals surface area contributed by atoms with Gasteiger partial charge in [0.15, 0.2) is 5.78 Å². The maximum Gasteiger partial charge on any atom is 0.326 e. The average Bonchev–Trinajstić information content (AvgIpc) is 2.84. The Kier molecular flexibility index (Phi) is 5.23. The summed E-state index contributed by atoms with van der Waals surface area (Å²) in [7, 11) is 0. The number of carbonyl (C=O) groups is 3. The fraction of sp³-hybridized carbons (Fsp3) is 0.462. The van der Waals surface area contributed by atoms with Crippen LogP contribution in [0.4, 0.5) is 0 Å². The van der Waals surface area contributed by atoms with E-state index in [-0.39, 0.29) is 11.7 Å². The molecule has 1 heterocycles. The summed E-state index contributed by atoms with van der Waals surface area (Å²) in [5.74, 6) is -1.78. The maximum absolute atomic E-state index is 11.9. The number of thiophene rings is 1. The molecule has 2 N–H and O–H groups in total. The minimum absolute atomic E-state index is 0.119. The smallest absolute Gasteiger partial charge is 0.326 e. The summed E-state index contributed by atoms with van der Waals surface area (Å²) in [6.45, 7) is 5.06. The molecular formula is C13H17NO4S. The SMILES string of the molecule is CCC(C)C(NC(=O)c1cc(C(C)=O)cs1)C(=O)O. The molecule has 2 unspecified atom stereocenters. The molecule has 0 aliphatic heterocycles. The molecule has 0 aromatic carbocycles. The molecule has 0 bridgehead atoms. The maximum atomic E-state index is 11.9. The first-order valence-corrected chi connectivity index (χ1v) is 6.87. The third-order valence-electron chi connectivity index (χ3n) is 3.00. The van der Waals surface area contributed by atoms with E-state index in [1.165, 1.54) is 13.0 Å². The zero-order chi connectivity index (χ0) is 14.6. The van der Waals surface area contributed by atoms with Crippen LogP contribution < -0.4 is 5.32 Å². The fourth-order valence-electron chi connectivity index (χ4n) is 1.54. The van der Waals surface area contributed by atoms with Gasteiger partial charge >= 0.3 is 5.97 Å². The quantitative estimate of drug-likeness (QED) is 0.784. The van der Waals surface area contributed by atoms with Gasteiger partial charge in [-0.15, -0.1) is 11.3 Å². The minimum atomic E-state index is -1.05. The second-order valence-electron chi connectivity index (χ2n) is 4.43. The predicted molar refractivity (Wildman–Crippen MR) is 72.7 cm³/mol. The molecular weight excluding hydrogens is 266 g/mol. The molecule has 0 saturated heterocycles. The van der Waals surface area contributed by atoms with E-state index in [4.69, 9.17) is 5.11 Å². The van der Waals surface area contributed by atoms with Crippen LogP contribution in [0.25, 0.3) is 0 Å². The Morgan fingerprint density at radius 1 is 1.42 bits per heavy atom. The summed E-state index contributed by atoms with van der Waals surface area (Å²) < 4.78 is 0. The Balaban J connectivity index is 2.81. The van der Waals surface area contributed by atoms with Crippen molar-refractivity contribution in [2.24, 2.45) is 5.92 Å². The zero-order valence-electron chi connectivity index (χ0n) is 11.1. The van der Waals surface area contributed by atoms with Crippen LogP contribution in [-0.2, 0) is 4.79 Å². The highest BCUT2D eigenvalue weighted by molar-refractivity contribution is 7.12. The number of ketones is 1. The summed E-state index contributed by atoms with van der Waals surface area (Å²) in [6, 6.07) is 0.568. The van der Waals surface area contributed by atoms with Gasteiger partial charge in [-0.2, -0.15) is 0 Å². The fourth-order valence-corrected chi connectivity index (χ4v) is 2.38. The topological polar surface area (TPSA) is 83.5 Å². The van der Waals surface area contributed by atoms with Crippen LogP contribution in [0.5, 0.6) is 0 Å². The van der Waals surface area contributed by atoms with Crippen molar-refractivity contribution in [3.8, 4) is 0 Å². The van der Waals surface area contributed by atoms with Crippen molar-refractivity contribution in [3.05, 3.63) is 21.9 Å². The summed E-state index contributed by atoms with van der Waals surface area (Å²) in [6.07, 6.45) is 0.653. The van der Waals surface area contributed by atoms with Crippen molar-refractivity contribution in [2.45, 2.75) is 33.2 Å². The van der Waals surface area contributed by atoms with E-state index in [2.05, 4.69) is 5.32 Å².